The number of carbonyl (C=O) groups is 1. The van der Waals surface area contributed by atoms with E-state index in [1.165, 1.54) is 0 Å². The molecule has 1 atom stereocenters. The number of benzene rings is 2. The Morgan fingerprint density at radius 2 is 1.89 bits per heavy atom. The first-order valence-corrected chi connectivity index (χ1v) is 12.1. The van der Waals surface area contributed by atoms with Crippen molar-refractivity contribution < 1.29 is 23.7 Å². The van der Waals surface area contributed by atoms with Gasteiger partial charge in [-0.25, -0.2) is 9.78 Å². The number of hydrogen-bond acceptors (Lipinski definition) is 7. The number of nitrogens with one attached hydrogen (secondary N) is 1. The number of hydrogen-bond donors (Lipinski definition) is 1. The highest BCUT2D eigenvalue weighted by Crippen LogP contribution is 2.42. The molecule has 186 valence electrons. The average molecular weight is 480 g/mol. The highest BCUT2D eigenvalue weighted by molar-refractivity contribution is 5.94. The van der Waals surface area contributed by atoms with Crippen molar-refractivity contribution in [3.63, 3.8) is 0 Å². The molecule has 0 unspecified atom stereocenters. The van der Waals surface area contributed by atoms with Gasteiger partial charge in [0, 0.05) is 12.8 Å². The maximum atomic E-state index is 13.3. The van der Waals surface area contributed by atoms with Gasteiger partial charge < -0.3 is 24.3 Å². The van der Waals surface area contributed by atoms with Crippen LogP contribution in [0.25, 0.3) is 11.0 Å². The van der Waals surface area contributed by atoms with Gasteiger partial charge in [-0.3, -0.25) is 4.57 Å². The molecule has 8 nitrogen and oxygen atoms in total. The summed E-state index contributed by atoms with van der Waals surface area (Å²) in [5.41, 5.74) is 3.84. The van der Waals surface area contributed by atoms with Crippen LogP contribution in [0.15, 0.2) is 53.7 Å². The minimum Gasteiger partial charge on any atom is -0.490 e. The maximum absolute atomic E-state index is 13.3. The molecule has 0 saturated carbocycles. The number of esters is 1. The Balaban J connectivity index is 1.82. The topological polar surface area (TPSA) is 83.8 Å². The van der Waals surface area contributed by atoms with Crippen molar-refractivity contribution in [3.05, 3.63) is 59.3 Å². The molecule has 1 aliphatic rings. The van der Waals surface area contributed by atoms with Crippen LogP contribution in [-0.4, -0.2) is 49.1 Å². The van der Waals surface area contributed by atoms with Crippen molar-refractivity contribution in [1.82, 2.24) is 9.55 Å². The Morgan fingerprint density at radius 1 is 1.06 bits per heavy atom. The quantitative estimate of drug-likeness (QED) is 0.303. The van der Waals surface area contributed by atoms with Crippen molar-refractivity contribution in [2.75, 3.05) is 38.9 Å². The van der Waals surface area contributed by atoms with E-state index in [2.05, 4.69) is 12.2 Å². The summed E-state index contributed by atoms with van der Waals surface area (Å²) in [4.78, 5) is 18.1. The predicted octanol–water partition coefficient (Wildman–Crippen LogP) is 5.09. The van der Waals surface area contributed by atoms with Crippen LogP contribution in [0, 0.1) is 0 Å². The lowest BCUT2D eigenvalue weighted by Crippen LogP contribution is -2.29. The Kier molecular flexibility index (Phi) is 7.92. The molecule has 0 radical (unpaired) electrons. The van der Waals surface area contributed by atoms with E-state index in [0.717, 1.165) is 29.4 Å². The van der Waals surface area contributed by atoms with E-state index >= 15 is 0 Å². The SMILES string of the molecule is CCCCOc1ccc([C@H]2C(C(=O)OCCOC)=C(C)Nc3nc4ccccc4n32)cc1OCC. The molecule has 0 fully saturated rings. The number of allylic oxidation sites excluding steroid dienone is 1. The second-order valence-corrected chi connectivity index (χ2v) is 8.33. The first-order valence-electron chi connectivity index (χ1n) is 12.1. The molecule has 1 aromatic heterocycles. The summed E-state index contributed by atoms with van der Waals surface area (Å²) in [6.45, 7) is 7.56. The third-order valence-corrected chi connectivity index (χ3v) is 5.91. The molecule has 1 N–H and O–H groups in total. The van der Waals surface area contributed by atoms with Crippen LogP contribution in [-0.2, 0) is 14.3 Å². The lowest BCUT2D eigenvalue weighted by molar-refractivity contribution is -0.140. The van der Waals surface area contributed by atoms with Crippen LogP contribution in [0.5, 0.6) is 11.5 Å². The second-order valence-electron chi connectivity index (χ2n) is 8.33. The van der Waals surface area contributed by atoms with Gasteiger partial charge >= 0.3 is 5.97 Å². The average Bonchev–Trinajstić information content (AvgIpc) is 3.22. The van der Waals surface area contributed by atoms with Gasteiger partial charge in [0.15, 0.2) is 11.5 Å². The number of aromatic nitrogens is 2. The molecule has 8 heteroatoms. The zero-order chi connectivity index (χ0) is 24.8. The van der Waals surface area contributed by atoms with Gasteiger partial charge in [0.05, 0.1) is 42.5 Å². The standard InChI is InChI=1S/C27H33N3O5/c1-5-7-14-34-22-13-12-19(17-23(22)33-6-2)25-24(26(31)35-16-15-32-4)18(3)28-27-29-20-10-8-9-11-21(20)30(25)27/h8-13,17,25H,5-7,14-16H2,1-4H3,(H,28,29)/t25-/m0/s1. The molecule has 3 aromatic rings. The molecule has 35 heavy (non-hydrogen) atoms. The van der Waals surface area contributed by atoms with Gasteiger partial charge in [0.2, 0.25) is 5.95 Å². The summed E-state index contributed by atoms with van der Waals surface area (Å²) in [7, 11) is 1.58. The molecule has 0 amide bonds. The van der Waals surface area contributed by atoms with E-state index in [4.69, 9.17) is 23.9 Å². The lowest BCUT2D eigenvalue weighted by atomic mass is 9.94. The van der Waals surface area contributed by atoms with Crippen molar-refractivity contribution in [1.29, 1.82) is 0 Å². The number of ether oxygens (including phenoxy) is 4. The first kappa shape index (κ1) is 24.6. The fourth-order valence-corrected chi connectivity index (χ4v) is 4.25. The van der Waals surface area contributed by atoms with Crippen molar-refractivity contribution in [2.24, 2.45) is 0 Å². The third-order valence-electron chi connectivity index (χ3n) is 5.91. The van der Waals surface area contributed by atoms with Crippen LogP contribution in [0.4, 0.5) is 5.95 Å². The van der Waals surface area contributed by atoms with Crippen molar-refractivity contribution in [2.45, 2.75) is 39.7 Å². The number of para-hydroxylation sites is 2. The van der Waals surface area contributed by atoms with Gasteiger partial charge in [0.25, 0.3) is 0 Å². The molecule has 0 saturated heterocycles. The summed E-state index contributed by atoms with van der Waals surface area (Å²) >= 11 is 0. The zero-order valence-electron chi connectivity index (χ0n) is 20.8. The molecular weight excluding hydrogens is 446 g/mol. The zero-order valence-corrected chi connectivity index (χ0v) is 20.8. The summed E-state index contributed by atoms with van der Waals surface area (Å²) in [6, 6.07) is 13.3. The second kappa shape index (κ2) is 11.3. The first-order chi connectivity index (χ1) is 17.1. The molecule has 0 bridgehead atoms. The number of methoxy groups -OCH3 is 1. The molecular formula is C27H33N3O5. The summed E-state index contributed by atoms with van der Waals surface area (Å²) in [5, 5.41) is 3.30. The fourth-order valence-electron chi connectivity index (χ4n) is 4.25. The largest absolute Gasteiger partial charge is 0.490 e. The van der Waals surface area contributed by atoms with E-state index < -0.39 is 12.0 Å². The van der Waals surface area contributed by atoms with Crippen LogP contribution in [0.3, 0.4) is 0 Å². The van der Waals surface area contributed by atoms with E-state index in [9.17, 15) is 4.79 Å². The fraction of sp³-hybridized carbons (Fsp3) is 0.407. The van der Waals surface area contributed by atoms with Gasteiger partial charge in [0.1, 0.15) is 6.61 Å². The molecule has 2 heterocycles. The summed E-state index contributed by atoms with van der Waals surface area (Å²) in [5.74, 6) is 1.61. The minimum atomic E-state index is -0.461. The molecule has 4 rings (SSSR count). The number of anilines is 1. The number of rotatable bonds is 11. The molecule has 0 spiro atoms. The Bertz CT molecular complexity index is 1220. The number of carbonyl (C=O) groups excluding carboxylic acids is 1. The Labute approximate surface area is 205 Å². The van der Waals surface area contributed by atoms with Crippen LogP contribution < -0.4 is 14.8 Å². The van der Waals surface area contributed by atoms with E-state index in [1.807, 2.05) is 60.9 Å². The van der Waals surface area contributed by atoms with Gasteiger partial charge in [-0.15, -0.1) is 0 Å². The normalized spacial score (nSPS) is 15.0. The highest BCUT2D eigenvalue weighted by atomic mass is 16.6. The smallest absolute Gasteiger partial charge is 0.338 e. The van der Waals surface area contributed by atoms with Crippen LogP contribution in [0.2, 0.25) is 0 Å². The highest BCUT2D eigenvalue weighted by Gasteiger charge is 2.35. The minimum absolute atomic E-state index is 0.171. The van der Waals surface area contributed by atoms with E-state index in [0.29, 0.717) is 48.5 Å². The molecule has 2 aromatic carbocycles. The molecule has 0 aliphatic carbocycles. The Morgan fingerprint density at radius 3 is 2.66 bits per heavy atom. The monoisotopic (exact) mass is 479 g/mol. The summed E-state index contributed by atoms with van der Waals surface area (Å²) < 4.78 is 24.6. The van der Waals surface area contributed by atoms with Crippen LogP contribution >= 0.6 is 0 Å². The maximum Gasteiger partial charge on any atom is 0.338 e. The number of fused-ring (bicyclic) bond motifs is 3. The van der Waals surface area contributed by atoms with E-state index in [-0.39, 0.29) is 6.61 Å². The van der Waals surface area contributed by atoms with Gasteiger partial charge in [-0.05, 0) is 50.1 Å². The van der Waals surface area contributed by atoms with Crippen LogP contribution in [0.1, 0.15) is 45.2 Å². The Hall–Kier alpha value is -3.52. The van der Waals surface area contributed by atoms with Gasteiger partial charge in [-0.1, -0.05) is 31.5 Å². The summed E-state index contributed by atoms with van der Waals surface area (Å²) in [6.07, 6.45) is 2.01. The van der Waals surface area contributed by atoms with Crippen molar-refractivity contribution in [3.8, 4) is 11.5 Å². The number of unbranched alkanes of at least 4 members (excludes halogenated alkanes) is 1. The van der Waals surface area contributed by atoms with Gasteiger partial charge in [-0.2, -0.15) is 0 Å². The third kappa shape index (κ3) is 5.12. The molecule has 1 aliphatic heterocycles. The number of nitrogens with zero attached hydrogens (tertiary/aromatic N) is 2. The van der Waals surface area contributed by atoms with Crippen molar-refractivity contribution >= 4 is 23.0 Å². The number of imidazole rings is 1. The predicted molar refractivity (Wildman–Crippen MR) is 135 cm³/mol. The lowest BCUT2D eigenvalue weighted by Gasteiger charge is -2.30. The van der Waals surface area contributed by atoms with E-state index in [1.54, 1.807) is 7.11 Å².